The molecule has 0 saturated heterocycles. The molecule has 0 bridgehead atoms. The summed E-state index contributed by atoms with van der Waals surface area (Å²) < 4.78 is 0. The number of amides is 1. The summed E-state index contributed by atoms with van der Waals surface area (Å²) in [6.07, 6.45) is 2.04. The molecule has 1 aliphatic rings. The number of hydrogen-bond donors (Lipinski definition) is 2. The molecule has 2 N–H and O–H groups in total. The average molecular weight is 301 g/mol. The van der Waals surface area contributed by atoms with Crippen molar-refractivity contribution in [2.45, 2.75) is 19.4 Å². The monoisotopic (exact) mass is 300 g/mol. The first-order valence-electron chi connectivity index (χ1n) is 7.10. The summed E-state index contributed by atoms with van der Waals surface area (Å²) in [4.78, 5) is 11.7. The van der Waals surface area contributed by atoms with Crippen LogP contribution in [0.4, 0.5) is 11.4 Å². The van der Waals surface area contributed by atoms with Crippen LogP contribution in [-0.2, 0) is 11.3 Å². The number of benzene rings is 2. The maximum absolute atomic E-state index is 11.7. The van der Waals surface area contributed by atoms with E-state index in [1.807, 2.05) is 48.5 Å². The second-order valence-electron chi connectivity index (χ2n) is 5.32. The van der Waals surface area contributed by atoms with Gasteiger partial charge in [0.25, 0.3) is 0 Å². The topological polar surface area (TPSA) is 41.1 Å². The van der Waals surface area contributed by atoms with Crippen LogP contribution in [0.15, 0.2) is 48.5 Å². The summed E-state index contributed by atoms with van der Waals surface area (Å²) in [6, 6.07) is 15.5. The van der Waals surface area contributed by atoms with Crippen LogP contribution in [0, 0.1) is 5.92 Å². The van der Waals surface area contributed by atoms with Gasteiger partial charge in [0.1, 0.15) is 0 Å². The Hall–Kier alpha value is -2.00. The van der Waals surface area contributed by atoms with Crippen LogP contribution in [0.3, 0.4) is 0 Å². The van der Waals surface area contributed by atoms with Gasteiger partial charge in [0.2, 0.25) is 5.91 Å². The van der Waals surface area contributed by atoms with Gasteiger partial charge in [-0.05, 0) is 54.8 Å². The van der Waals surface area contributed by atoms with Gasteiger partial charge in [0.05, 0.1) is 0 Å². The largest absolute Gasteiger partial charge is 0.381 e. The Labute approximate surface area is 129 Å². The molecule has 108 valence electrons. The molecular formula is C17H17ClN2O. The molecule has 21 heavy (non-hydrogen) atoms. The van der Waals surface area contributed by atoms with Crippen LogP contribution in [0.25, 0.3) is 0 Å². The van der Waals surface area contributed by atoms with E-state index in [-0.39, 0.29) is 11.8 Å². The second-order valence-corrected chi connectivity index (χ2v) is 5.76. The average Bonchev–Trinajstić information content (AvgIpc) is 3.31. The van der Waals surface area contributed by atoms with Crippen molar-refractivity contribution in [2.24, 2.45) is 5.92 Å². The van der Waals surface area contributed by atoms with Gasteiger partial charge in [-0.15, -0.1) is 0 Å². The van der Waals surface area contributed by atoms with Crippen LogP contribution >= 0.6 is 11.6 Å². The van der Waals surface area contributed by atoms with E-state index in [1.165, 1.54) is 0 Å². The van der Waals surface area contributed by atoms with Gasteiger partial charge in [-0.3, -0.25) is 4.79 Å². The van der Waals surface area contributed by atoms with Crippen LogP contribution in [0.1, 0.15) is 18.4 Å². The molecule has 1 fully saturated rings. The minimum atomic E-state index is 0.134. The van der Waals surface area contributed by atoms with Gasteiger partial charge < -0.3 is 10.6 Å². The predicted octanol–water partition coefficient (Wildman–Crippen LogP) is 4.30. The summed E-state index contributed by atoms with van der Waals surface area (Å²) in [5.74, 6) is 0.361. The highest BCUT2D eigenvalue weighted by Gasteiger charge is 2.29. The fourth-order valence-electron chi connectivity index (χ4n) is 2.11. The lowest BCUT2D eigenvalue weighted by atomic mass is 10.2. The minimum absolute atomic E-state index is 0.134. The van der Waals surface area contributed by atoms with E-state index in [4.69, 9.17) is 11.6 Å². The summed E-state index contributed by atoms with van der Waals surface area (Å²) >= 11 is 5.96. The number of carbonyl (C=O) groups excluding carboxylic acids is 1. The normalized spacial score (nSPS) is 13.8. The van der Waals surface area contributed by atoms with Gasteiger partial charge in [0, 0.05) is 28.9 Å². The SMILES string of the molecule is O=C(Nc1ccc(NCc2cccc(Cl)c2)cc1)C1CC1. The van der Waals surface area contributed by atoms with Crippen molar-refractivity contribution in [3.63, 3.8) is 0 Å². The van der Waals surface area contributed by atoms with Crippen molar-refractivity contribution in [3.05, 3.63) is 59.1 Å². The second kappa shape index (κ2) is 6.19. The number of hydrogen-bond acceptors (Lipinski definition) is 2. The number of rotatable bonds is 5. The van der Waals surface area contributed by atoms with Crippen molar-refractivity contribution in [1.82, 2.24) is 0 Å². The Morgan fingerprint density at radius 3 is 2.48 bits per heavy atom. The highest BCUT2D eigenvalue weighted by Crippen LogP contribution is 2.30. The molecule has 0 spiro atoms. The van der Waals surface area contributed by atoms with Crippen LogP contribution < -0.4 is 10.6 Å². The van der Waals surface area contributed by atoms with Gasteiger partial charge in [-0.1, -0.05) is 23.7 Å². The maximum Gasteiger partial charge on any atom is 0.227 e. The molecule has 0 atom stereocenters. The smallest absolute Gasteiger partial charge is 0.227 e. The molecular weight excluding hydrogens is 284 g/mol. The predicted molar refractivity (Wildman–Crippen MR) is 86.6 cm³/mol. The van der Waals surface area contributed by atoms with Crippen molar-refractivity contribution >= 4 is 28.9 Å². The van der Waals surface area contributed by atoms with Gasteiger partial charge in [0.15, 0.2) is 0 Å². The molecule has 0 aliphatic heterocycles. The minimum Gasteiger partial charge on any atom is -0.381 e. The molecule has 4 heteroatoms. The highest BCUT2D eigenvalue weighted by molar-refractivity contribution is 6.30. The maximum atomic E-state index is 11.7. The molecule has 3 nitrogen and oxygen atoms in total. The summed E-state index contributed by atoms with van der Waals surface area (Å²) in [6.45, 7) is 0.717. The number of carbonyl (C=O) groups is 1. The first kappa shape index (κ1) is 14.0. The zero-order chi connectivity index (χ0) is 14.7. The number of anilines is 2. The molecule has 1 aliphatic carbocycles. The molecule has 0 unspecified atom stereocenters. The first-order chi connectivity index (χ1) is 10.2. The first-order valence-corrected chi connectivity index (χ1v) is 7.48. The van der Waals surface area contributed by atoms with Crippen LogP contribution in [-0.4, -0.2) is 5.91 Å². The molecule has 0 heterocycles. The van der Waals surface area contributed by atoms with Gasteiger partial charge >= 0.3 is 0 Å². The van der Waals surface area contributed by atoms with Gasteiger partial charge in [-0.2, -0.15) is 0 Å². The van der Waals surface area contributed by atoms with E-state index in [9.17, 15) is 4.79 Å². The Bertz CT molecular complexity index is 635. The Balaban J connectivity index is 1.55. The summed E-state index contributed by atoms with van der Waals surface area (Å²) in [7, 11) is 0. The standard InChI is InChI=1S/C17H17ClN2O/c18-14-3-1-2-12(10-14)11-19-15-6-8-16(9-7-15)20-17(21)13-4-5-13/h1-3,6-10,13,19H,4-5,11H2,(H,20,21). The fourth-order valence-corrected chi connectivity index (χ4v) is 2.33. The molecule has 2 aromatic rings. The summed E-state index contributed by atoms with van der Waals surface area (Å²) in [5, 5.41) is 7.00. The Morgan fingerprint density at radius 2 is 1.81 bits per heavy atom. The van der Waals surface area contributed by atoms with Crippen LogP contribution in [0.2, 0.25) is 5.02 Å². The van der Waals surface area contributed by atoms with E-state index in [1.54, 1.807) is 0 Å². The third-order valence-corrected chi connectivity index (χ3v) is 3.72. The molecule has 2 aromatic carbocycles. The Kier molecular flexibility index (Phi) is 4.11. The quantitative estimate of drug-likeness (QED) is 0.864. The fraction of sp³-hybridized carbons (Fsp3) is 0.235. The van der Waals surface area contributed by atoms with E-state index in [0.29, 0.717) is 6.54 Å². The van der Waals surface area contributed by atoms with Crippen molar-refractivity contribution in [1.29, 1.82) is 0 Å². The van der Waals surface area contributed by atoms with E-state index >= 15 is 0 Å². The molecule has 3 rings (SSSR count). The molecule has 0 aromatic heterocycles. The van der Waals surface area contributed by atoms with E-state index < -0.39 is 0 Å². The number of halogens is 1. The van der Waals surface area contributed by atoms with E-state index in [2.05, 4.69) is 10.6 Å². The van der Waals surface area contributed by atoms with Crippen molar-refractivity contribution < 1.29 is 4.79 Å². The zero-order valence-corrected chi connectivity index (χ0v) is 12.4. The van der Waals surface area contributed by atoms with Gasteiger partial charge in [-0.25, -0.2) is 0 Å². The van der Waals surface area contributed by atoms with Crippen molar-refractivity contribution in [2.75, 3.05) is 10.6 Å². The number of nitrogens with one attached hydrogen (secondary N) is 2. The lowest BCUT2D eigenvalue weighted by Gasteiger charge is -2.09. The highest BCUT2D eigenvalue weighted by atomic mass is 35.5. The zero-order valence-electron chi connectivity index (χ0n) is 11.6. The van der Waals surface area contributed by atoms with Crippen molar-refractivity contribution in [3.8, 4) is 0 Å². The molecule has 0 radical (unpaired) electrons. The third-order valence-electron chi connectivity index (χ3n) is 3.49. The third kappa shape index (κ3) is 3.99. The van der Waals surface area contributed by atoms with E-state index in [0.717, 1.165) is 34.8 Å². The Morgan fingerprint density at radius 1 is 1.10 bits per heavy atom. The molecule has 1 saturated carbocycles. The lowest BCUT2D eigenvalue weighted by molar-refractivity contribution is -0.117. The van der Waals surface area contributed by atoms with Crippen LogP contribution in [0.5, 0.6) is 0 Å². The summed E-state index contributed by atoms with van der Waals surface area (Å²) in [5.41, 5.74) is 2.99. The molecule has 1 amide bonds. The lowest BCUT2D eigenvalue weighted by Crippen LogP contribution is -2.13.